The van der Waals surface area contributed by atoms with Crippen LogP contribution >= 0.6 is 11.6 Å². The lowest BCUT2D eigenvalue weighted by Crippen LogP contribution is -2.41. The molecule has 8 heteroatoms. The summed E-state index contributed by atoms with van der Waals surface area (Å²) in [5.41, 5.74) is 0.343. The van der Waals surface area contributed by atoms with Gasteiger partial charge in [0.1, 0.15) is 5.82 Å². The molecule has 31 heavy (non-hydrogen) atoms. The first kappa shape index (κ1) is 22.8. The predicted octanol–water partition coefficient (Wildman–Crippen LogP) is 5.57. The number of hydrogen-bond donors (Lipinski definition) is 2. The smallest absolute Gasteiger partial charge is 0.386 e. The minimum Gasteiger partial charge on any atom is -0.386 e. The second kappa shape index (κ2) is 9.49. The molecular formula is C23H18ClF4NO2. The summed E-state index contributed by atoms with van der Waals surface area (Å²) in [7, 11) is 0. The van der Waals surface area contributed by atoms with Crippen LogP contribution in [0.5, 0.6) is 0 Å². The SMILES string of the molecule is O=C(NC(Cc1ccc(C(F)(F)F)cc1)C(O)c1ccc(F)cc1)c1ccc(Cl)cc1. The van der Waals surface area contributed by atoms with Crippen LogP contribution in [-0.4, -0.2) is 17.1 Å². The van der Waals surface area contributed by atoms with Crippen molar-refractivity contribution in [3.05, 3.63) is 106 Å². The molecule has 3 aromatic carbocycles. The highest BCUT2D eigenvalue weighted by Crippen LogP contribution is 2.29. The zero-order valence-electron chi connectivity index (χ0n) is 16.0. The lowest BCUT2D eigenvalue weighted by molar-refractivity contribution is -0.137. The van der Waals surface area contributed by atoms with Crippen molar-refractivity contribution < 1.29 is 27.5 Å². The van der Waals surface area contributed by atoms with Crippen LogP contribution in [0.3, 0.4) is 0 Å². The van der Waals surface area contributed by atoms with Gasteiger partial charge < -0.3 is 10.4 Å². The van der Waals surface area contributed by atoms with Crippen molar-refractivity contribution in [3.8, 4) is 0 Å². The molecule has 0 fully saturated rings. The van der Waals surface area contributed by atoms with E-state index in [4.69, 9.17) is 11.6 Å². The number of benzene rings is 3. The number of halogens is 5. The largest absolute Gasteiger partial charge is 0.416 e. The lowest BCUT2D eigenvalue weighted by atomic mass is 9.95. The first-order chi connectivity index (χ1) is 14.6. The third-order valence-electron chi connectivity index (χ3n) is 4.75. The van der Waals surface area contributed by atoms with E-state index in [2.05, 4.69) is 5.32 Å². The fourth-order valence-electron chi connectivity index (χ4n) is 3.07. The van der Waals surface area contributed by atoms with Crippen molar-refractivity contribution in [1.29, 1.82) is 0 Å². The number of alkyl halides is 3. The van der Waals surface area contributed by atoms with Crippen LogP contribution in [0.25, 0.3) is 0 Å². The Morgan fingerprint density at radius 1 is 0.935 bits per heavy atom. The number of aliphatic hydroxyl groups is 1. The van der Waals surface area contributed by atoms with E-state index in [1.54, 1.807) is 0 Å². The Morgan fingerprint density at radius 2 is 1.52 bits per heavy atom. The molecule has 2 atom stereocenters. The minimum atomic E-state index is -4.46. The lowest BCUT2D eigenvalue weighted by Gasteiger charge is -2.25. The summed E-state index contributed by atoms with van der Waals surface area (Å²) in [6, 6.07) is 14.8. The van der Waals surface area contributed by atoms with Gasteiger partial charge in [-0.25, -0.2) is 4.39 Å². The van der Waals surface area contributed by atoms with Gasteiger partial charge in [-0.3, -0.25) is 4.79 Å². The Labute approximate surface area is 181 Å². The number of nitrogens with one attached hydrogen (secondary N) is 1. The van der Waals surface area contributed by atoms with Gasteiger partial charge in [-0.15, -0.1) is 0 Å². The van der Waals surface area contributed by atoms with E-state index < -0.39 is 35.6 Å². The van der Waals surface area contributed by atoms with E-state index in [0.29, 0.717) is 21.7 Å². The molecule has 1 amide bonds. The van der Waals surface area contributed by atoms with Crippen LogP contribution in [-0.2, 0) is 12.6 Å². The average molecular weight is 452 g/mol. The standard InChI is InChI=1S/C23H18ClF4NO2/c24-18-9-3-16(4-10-18)22(31)29-20(21(30)15-5-11-19(25)12-6-15)13-14-1-7-17(8-2-14)23(26,27)28/h1-12,20-21,30H,13H2,(H,29,31). The van der Waals surface area contributed by atoms with Gasteiger partial charge in [0.05, 0.1) is 17.7 Å². The van der Waals surface area contributed by atoms with Crippen molar-refractivity contribution in [1.82, 2.24) is 5.32 Å². The highest BCUT2D eigenvalue weighted by atomic mass is 35.5. The summed E-state index contributed by atoms with van der Waals surface area (Å²) < 4.78 is 51.7. The molecule has 0 aliphatic heterocycles. The Morgan fingerprint density at radius 3 is 2.06 bits per heavy atom. The summed E-state index contributed by atoms with van der Waals surface area (Å²) in [6.07, 6.45) is -5.64. The quantitative estimate of drug-likeness (QED) is 0.481. The second-order valence-electron chi connectivity index (χ2n) is 6.98. The molecule has 3 rings (SSSR count). The summed E-state index contributed by atoms with van der Waals surface area (Å²) in [5, 5.41) is 14.0. The van der Waals surface area contributed by atoms with Crippen LogP contribution in [0, 0.1) is 5.82 Å². The van der Waals surface area contributed by atoms with Gasteiger partial charge in [0.15, 0.2) is 0 Å². The molecule has 0 heterocycles. The number of rotatable bonds is 6. The van der Waals surface area contributed by atoms with Crippen LogP contribution in [0.1, 0.15) is 33.2 Å². The summed E-state index contributed by atoms with van der Waals surface area (Å²) in [5.74, 6) is -0.977. The van der Waals surface area contributed by atoms with Crippen LogP contribution in [0.2, 0.25) is 5.02 Å². The molecule has 0 aliphatic rings. The molecule has 3 aromatic rings. The molecule has 0 aliphatic carbocycles. The Bertz CT molecular complexity index is 1020. The molecule has 0 radical (unpaired) electrons. The fraction of sp³-hybridized carbons (Fsp3) is 0.174. The normalized spacial score (nSPS) is 13.5. The van der Waals surface area contributed by atoms with Crippen LogP contribution < -0.4 is 5.32 Å². The zero-order valence-corrected chi connectivity index (χ0v) is 16.8. The van der Waals surface area contributed by atoms with Crippen molar-refractivity contribution in [3.63, 3.8) is 0 Å². The molecule has 0 aromatic heterocycles. The van der Waals surface area contributed by atoms with E-state index in [-0.39, 0.29) is 6.42 Å². The second-order valence-corrected chi connectivity index (χ2v) is 7.42. The number of hydrogen-bond acceptors (Lipinski definition) is 2. The molecule has 2 N–H and O–H groups in total. The highest BCUT2D eigenvalue weighted by Gasteiger charge is 2.30. The number of aliphatic hydroxyl groups excluding tert-OH is 1. The Balaban J connectivity index is 1.85. The summed E-state index contributed by atoms with van der Waals surface area (Å²) in [4.78, 5) is 12.7. The minimum absolute atomic E-state index is 0.0516. The third-order valence-corrected chi connectivity index (χ3v) is 5.00. The molecule has 162 valence electrons. The first-order valence-corrected chi connectivity index (χ1v) is 9.67. The zero-order chi connectivity index (χ0) is 22.6. The fourth-order valence-corrected chi connectivity index (χ4v) is 3.20. The number of carbonyl (C=O) groups is 1. The van der Waals surface area contributed by atoms with Gasteiger partial charge in [0, 0.05) is 10.6 Å². The predicted molar refractivity (Wildman–Crippen MR) is 109 cm³/mol. The third kappa shape index (κ3) is 6.06. The maximum Gasteiger partial charge on any atom is 0.416 e. The number of carbonyl (C=O) groups excluding carboxylic acids is 1. The Kier molecular flexibility index (Phi) is 6.97. The van der Waals surface area contributed by atoms with Gasteiger partial charge in [0.2, 0.25) is 0 Å². The maximum absolute atomic E-state index is 13.2. The van der Waals surface area contributed by atoms with Gasteiger partial charge in [-0.2, -0.15) is 13.2 Å². The Hall–Kier alpha value is -2.90. The molecule has 2 unspecified atom stereocenters. The van der Waals surface area contributed by atoms with Crippen molar-refractivity contribution in [2.24, 2.45) is 0 Å². The monoisotopic (exact) mass is 451 g/mol. The van der Waals surface area contributed by atoms with Gasteiger partial charge >= 0.3 is 6.18 Å². The molecule has 3 nitrogen and oxygen atoms in total. The van der Waals surface area contributed by atoms with Gasteiger partial charge in [0.25, 0.3) is 5.91 Å². The van der Waals surface area contributed by atoms with E-state index in [0.717, 1.165) is 12.1 Å². The van der Waals surface area contributed by atoms with Crippen LogP contribution in [0.15, 0.2) is 72.8 Å². The number of amides is 1. The van der Waals surface area contributed by atoms with Crippen molar-refractivity contribution >= 4 is 17.5 Å². The van der Waals surface area contributed by atoms with Crippen molar-refractivity contribution in [2.45, 2.75) is 24.7 Å². The van der Waals surface area contributed by atoms with Gasteiger partial charge in [-0.1, -0.05) is 35.9 Å². The molecule has 0 bridgehead atoms. The maximum atomic E-state index is 13.2. The van der Waals surface area contributed by atoms with E-state index in [9.17, 15) is 27.5 Å². The molecule has 0 spiro atoms. The van der Waals surface area contributed by atoms with E-state index in [1.165, 1.54) is 60.7 Å². The van der Waals surface area contributed by atoms with Crippen molar-refractivity contribution in [2.75, 3.05) is 0 Å². The van der Waals surface area contributed by atoms with Crippen LogP contribution in [0.4, 0.5) is 17.6 Å². The molecule has 0 saturated heterocycles. The van der Waals surface area contributed by atoms with E-state index >= 15 is 0 Å². The highest BCUT2D eigenvalue weighted by molar-refractivity contribution is 6.30. The molecular weight excluding hydrogens is 434 g/mol. The average Bonchev–Trinajstić information content (AvgIpc) is 2.73. The van der Waals surface area contributed by atoms with E-state index in [1.807, 2.05) is 0 Å². The molecule has 0 saturated carbocycles. The van der Waals surface area contributed by atoms with Gasteiger partial charge in [-0.05, 0) is 66.1 Å². The summed E-state index contributed by atoms with van der Waals surface area (Å²) >= 11 is 5.84. The first-order valence-electron chi connectivity index (χ1n) is 9.29. The topological polar surface area (TPSA) is 49.3 Å². The summed E-state index contributed by atoms with van der Waals surface area (Å²) in [6.45, 7) is 0.